The van der Waals surface area contributed by atoms with Crippen LogP contribution in [0.3, 0.4) is 0 Å². The van der Waals surface area contributed by atoms with E-state index >= 15 is 0 Å². The molecule has 4 nitrogen and oxygen atoms in total. The van der Waals surface area contributed by atoms with Crippen molar-refractivity contribution in [2.24, 2.45) is 0 Å². The van der Waals surface area contributed by atoms with Crippen LogP contribution in [0.1, 0.15) is 32.8 Å². The van der Waals surface area contributed by atoms with Crippen LogP contribution in [-0.2, 0) is 11.2 Å². The fourth-order valence-corrected chi connectivity index (χ4v) is 2.93. The van der Waals surface area contributed by atoms with Gasteiger partial charge in [-0.05, 0) is 26.8 Å². The highest BCUT2D eigenvalue weighted by Crippen LogP contribution is 2.43. The highest BCUT2D eigenvalue weighted by Gasteiger charge is 2.43. The van der Waals surface area contributed by atoms with Gasteiger partial charge in [0.05, 0.1) is 6.10 Å². The van der Waals surface area contributed by atoms with Gasteiger partial charge in [0.25, 0.3) is 0 Å². The maximum Gasteiger partial charge on any atom is 0.165 e. The molecule has 3 rings (SSSR count). The van der Waals surface area contributed by atoms with E-state index in [-0.39, 0.29) is 17.8 Å². The van der Waals surface area contributed by atoms with Gasteiger partial charge in [0.1, 0.15) is 17.8 Å². The Hall–Kier alpha value is -1.26. The minimum Gasteiger partial charge on any atom is -0.484 e. The quantitative estimate of drug-likeness (QED) is 0.918. The maximum atomic E-state index is 9.73. The van der Waals surface area contributed by atoms with Gasteiger partial charge in [-0.3, -0.25) is 0 Å². The van der Waals surface area contributed by atoms with Gasteiger partial charge in [0.2, 0.25) is 0 Å². The molecule has 1 aromatic rings. The topological polar surface area (TPSA) is 47.9 Å². The zero-order valence-electron chi connectivity index (χ0n) is 12.3. The molecule has 2 aliphatic rings. The van der Waals surface area contributed by atoms with Gasteiger partial charge < -0.3 is 19.3 Å². The van der Waals surface area contributed by atoms with Crippen LogP contribution >= 0.6 is 0 Å². The lowest BCUT2D eigenvalue weighted by atomic mass is 9.88. The molecule has 1 aromatic carbocycles. The van der Waals surface area contributed by atoms with E-state index in [2.05, 4.69) is 19.9 Å². The second-order valence-electron chi connectivity index (χ2n) is 6.16. The molecule has 0 bridgehead atoms. The number of para-hydroxylation sites is 1. The highest BCUT2D eigenvalue weighted by atomic mass is 16.6. The molecular weight excluding hydrogens is 256 g/mol. The van der Waals surface area contributed by atoms with Crippen molar-refractivity contribution in [2.75, 3.05) is 6.61 Å². The minimum absolute atomic E-state index is 0.0937. The summed E-state index contributed by atoms with van der Waals surface area (Å²) in [7, 11) is 0. The lowest BCUT2D eigenvalue weighted by Crippen LogP contribution is -2.55. The minimum atomic E-state index is -0.422. The van der Waals surface area contributed by atoms with E-state index in [9.17, 15) is 5.11 Å². The summed E-state index contributed by atoms with van der Waals surface area (Å²) in [5.41, 5.74) is 1.00. The van der Waals surface area contributed by atoms with Crippen LogP contribution < -0.4 is 9.47 Å². The van der Waals surface area contributed by atoms with Crippen LogP contribution in [0.2, 0.25) is 0 Å². The van der Waals surface area contributed by atoms with Crippen molar-refractivity contribution in [1.29, 1.82) is 0 Å². The Labute approximate surface area is 119 Å². The summed E-state index contributed by atoms with van der Waals surface area (Å²) in [4.78, 5) is 0. The van der Waals surface area contributed by atoms with Gasteiger partial charge in [-0.1, -0.05) is 12.1 Å². The number of rotatable bonds is 4. The van der Waals surface area contributed by atoms with E-state index in [0.717, 1.165) is 17.9 Å². The first-order chi connectivity index (χ1) is 9.50. The highest BCUT2D eigenvalue weighted by molar-refractivity contribution is 5.50. The first kappa shape index (κ1) is 13.7. The molecule has 1 fully saturated rings. The molecule has 1 saturated carbocycles. The number of aliphatic hydroxyl groups is 1. The molecule has 3 atom stereocenters. The van der Waals surface area contributed by atoms with Crippen molar-refractivity contribution in [2.45, 2.75) is 57.5 Å². The number of fused-ring (bicyclic) bond motifs is 1. The Balaban J connectivity index is 1.75. The molecular formula is C16H22O4. The molecule has 3 unspecified atom stereocenters. The van der Waals surface area contributed by atoms with Crippen molar-refractivity contribution in [3.8, 4) is 11.5 Å². The Kier molecular flexibility index (Phi) is 3.38. The summed E-state index contributed by atoms with van der Waals surface area (Å²) in [6.45, 7) is 6.66. The van der Waals surface area contributed by atoms with Gasteiger partial charge >= 0.3 is 0 Å². The molecule has 110 valence electrons. The van der Waals surface area contributed by atoms with Gasteiger partial charge in [0.15, 0.2) is 11.5 Å². The number of benzene rings is 1. The summed E-state index contributed by atoms with van der Waals surface area (Å²) in [6, 6.07) is 5.99. The number of hydrogen-bond acceptors (Lipinski definition) is 4. The van der Waals surface area contributed by atoms with Gasteiger partial charge in [0, 0.05) is 25.0 Å². The number of ether oxygens (including phenoxy) is 3. The van der Waals surface area contributed by atoms with Crippen molar-refractivity contribution >= 4 is 0 Å². The van der Waals surface area contributed by atoms with Crippen LogP contribution in [0.4, 0.5) is 0 Å². The maximum absolute atomic E-state index is 9.73. The molecule has 4 heteroatoms. The average molecular weight is 278 g/mol. The molecule has 0 saturated heterocycles. The summed E-state index contributed by atoms with van der Waals surface area (Å²) >= 11 is 0. The van der Waals surface area contributed by atoms with E-state index in [4.69, 9.17) is 14.2 Å². The van der Waals surface area contributed by atoms with Gasteiger partial charge in [-0.25, -0.2) is 0 Å². The van der Waals surface area contributed by atoms with Crippen LogP contribution in [0, 0.1) is 0 Å². The zero-order chi connectivity index (χ0) is 14.3. The largest absolute Gasteiger partial charge is 0.484 e. The lowest BCUT2D eigenvalue weighted by Gasteiger charge is -2.40. The predicted molar refractivity (Wildman–Crippen MR) is 75.3 cm³/mol. The summed E-state index contributed by atoms with van der Waals surface area (Å²) in [5.74, 6) is 1.60. The smallest absolute Gasteiger partial charge is 0.165 e. The Morgan fingerprint density at radius 3 is 2.90 bits per heavy atom. The average Bonchev–Trinajstić information content (AvgIpc) is 2.70. The van der Waals surface area contributed by atoms with Crippen LogP contribution in [-0.4, -0.2) is 35.6 Å². The van der Waals surface area contributed by atoms with E-state index in [1.165, 1.54) is 5.56 Å². The third kappa shape index (κ3) is 2.38. The molecule has 0 aromatic heterocycles. The molecule has 0 radical (unpaired) electrons. The molecule has 0 amide bonds. The molecule has 1 N–H and O–H groups in total. The fraction of sp³-hybridized carbons (Fsp3) is 0.625. The Morgan fingerprint density at radius 2 is 2.20 bits per heavy atom. The van der Waals surface area contributed by atoms with Crippen LogP contribution in [0.5, 0.6) is 11.5 Å². The van der Waals surface area contributed by atoms with E-state index in [0.29, 0.717) is 13.0 Å². The van der Waals surface area contributed by atoms with Crippen molar-refractivity contribution in [3.05, 3.63) is 23.8 Å². The van der Waals surface area contributed by atoms with E-state index < -0.39 is 6.10 Å². The number of hydrogen-bond donors (Lipinski definition) is 1. The SMILES string of the molecule is CCOC1C(O)CC1Oc1cccc2c1OC(C)(C)C2. The molecule has 1 aliphatic carbocycles. The van der Waals surface area contributed by atoms with Crippen LogP contribution in [0.25, 0.3) is 0 Å². The summed E-state index contributed by atoms with van der Waals surface area (Å²) in [5, 5.41) is 9.73. The van der Waals surface area contributed by atoms with Gasteiger partial charge in [-0.15, -0.1) is 0 Å². The predicted octanol–water partition coefficient (Wildman–Crippen LogP) is 2.32. The fourth-order valence-electron chi connectivity index (χ4n) is 2.93. The summed E-state index contributed by atoms with van der Waals surface area (Å²) in [6.07, 6.45) is 0.752. The first-order valence-corrected chi connectivity index (χ1v) is 7.27. The zero-order valence-corrected chi connectivity index (χ0v) is 12.3. The van der Waals surface area contributed by atoms with Crippen LogP contribution in [0.15, 0.2) is 18.2 Å². The first-order valence-electron chi connectivity index (χ1n) is 7.27. The third-order valence-electron chi connectivity index (χ3n) is 3.91. The molecule has 20 heavy (non-hydrogen) atoms. The molecule has 1 heterocycles. The molecule has 0 spiro atoms. The van der Waals surface area contributed by atoms with Crippen molar-refractivity contribution in [3.63, 3.8) is 0 Å². The third-order valence-corrected chi connectivity index (χ3v) is 3.91. The second kappa shape index (κ2) is 4.93. The van der Waals surface area contributed by atoms with E-state index in [1.54, 1.807) is 0 Å². The van der Waals surface area contributed by atoms with Crippen molar-refractivity contribution < 1.29 is 19.3 Å². The Morgan fingerprint density at radius 1 is 1.40 bits per heavy atom. The summed E-state index contributed by atoms with van der Waals surface area (Å²) < 4.78 is 17.5. The van der Waals surface area contributed by atoms with Crippen molar-refractivity contribution in [1.82, 2.24) is 0 Å². The Bertz CT molecular complexity index is 497. The molecule has 1 aliphatic heterocycles. The lowest BCUT2D eigenvalue weighted by molar-refractivity contribution is -0.160. The monoisotopic (exact) mass is 278 g/mol. The van der Waals surface area contributed by atoms with E-state index in [1.807, 2.05) is 19.1 Å². The second-order valence-corrected chi connectivity index (χ2v) is 6.16. The van der Waals surface area contributed by atoms with Gasteiger partial charge in [-0.2, -0.15) is 0 Å². The standard InChI is InChI=1S/C16H22O4/c1-4-18-15-11(17)8-13(15)19-12-7-5-6-10-9-16(2,3)20-14(10)12/h5-7,11,13,15,17H,4,8-9H2,1-3H3. The number of aliphatic hydroxyl groups excluding tert-OH is 1. The normalized spacial score (nSPS) is 30.3.